The van der Waals surface area contributed by atoms with Gasteiger partial charge in [-0.2, -0.15) is 0 Å². The summed E-state index contributed by atoms with van der Waals surface area (Å²) in [5.74, 6) is 0. The molecule has 3 heterocycles. The number of aromatic nitrogens is 2. The molecule has 1 aliphatic rings. The average molecular weight is 465 g/mol. The molecule has 0 spiro atoms. The van der Waals surface area contributed by atoms with Crippen LogP contribution in [0.4, 0.5) is 5.69 Å². The topological polar surface area (TPSA) is 45.5 Å². The van der Waals surface area contributed by atoms with E-state index in [0.717, 1.165) is 39.4 Å². The minimum absolute atomic E-state index is 0.614. The number of pyridine rings is 1. The first-order valence-corrected chi connectivity index (χ1v) is 12.0. The zero-order chi connectivity index (χ0) is 23.9. The Labute approximate surface area is 208 Å². The molecule has 7 rings (SSSR count). The zero-order valence-electron chi connectivity index (χ0n) is 19.5. The molecule has 6 aromatic rings. The van der Waals surface area contributed by atoms with Crippen LogP contribution in [0.5, 0.6) is 0 Å². The van der Waals surface area contributed by atoms with Gasteiger partial charge in [0.25, 0.3) is 0 Å². The smallest absolute Gasteiger partial charge is 0.231 e. The quantitative estimate of drug-likeness (QED) is 0.251. The van der Waals surface area contributed by atoms with E-state index in [0.29, 0.717) is 6.54 Å². The van der Waals surface area contributed by atoms with Gasteiger partial charge in [0.2, 0.25) is 5.71 Å². The fourth-order valence-electron chi connectivity index (χ4n) is 4.97. The third-order valence-corrected chi connectivity index (χ3v) is 6.70. The van der Waals surface area contributed by atoms with Crippen molar-refractivity contribution >= 4 is 33.2 Å². The molecule has 5 nitrogen and oxygen atoms in total. The molecule has 0 saturated carbocycles. The first-order chi connectivity index (χ1) is 17.8. The highest BCUT2D eigenvalue weighted by molar-refractivity contribution is 6.12. The van der Waals surface area contributed by atoms with Crippen molar-refractivity contribution in [3.8, 4) is 16.9 Å². The maximum absolute atomic E-state index is 4.57. The van der Waals surface area contributed by atoms with Crippen LogP contribution >= 0.6 is 0 Å². The SMILES string of the molecule is c1ccc(-n2c3ccccc3c3ccc(C4=NN=[N+](c5cccc(-c6ccccn6)c5)C4)cc32)cc1. The number of para-hydroxylation sites is 2. The fourth-order valence-corrected chi connectivity index (χ4v) is 4.97. The Morgan fingerprint density at radius 1 is 0.639 bits per heavy atom. The van der Waals surface area contributed by atoms with E-state index in [1.54, 1.807) is 0 Å². The molecular weight excluding hydrogens is 442 g/mol. The van der Waals surface area contributed by atoms with Gasteiger partial charge in [0.05, 0.1) is 21.8 Å². The average Bonchev–Trinajstić information content (AvgIpc) is 3.57. The third-order valence-electron chi connectivity index (χ3n) is 6.70. The summed E-state index contributed by atoms with van der Waals surface area (Å²) < 4.78 is 4.27. The van der Waals surface area contributed by atoms with E-state index in [4.69, 9.17) is 0 Å². The van der Waals surface area contributed by atoms with E-state index >= 15 is 0 Å². The van der Waals surface area contributed by atoms with Crippen LogP contribution in [0.2, 0.25) is 0 Å². The van der Waals surface area contributed by atoms with Gasteiger partial charge < -0.3 is 4.57 Å². The number of nitrogens with zero attached hydrogens (tertiary/aromatic N) is 5. The second kappa shape index (κ2) is 8.40. The first-order valence-electron chi connectivity index (χ1n) is 12.0. The van der Waals surface area contributed by atoms with Crippen LogP contribution in [0.3, 0.4) is 0 Å². The Bertz CT molecular complexity index is 1800. The van der Waals surface area contributed by atoms with E-state index < -0.39 is 0 Å². The lowest BCUT2D eigenvalue weighted by Crippen LogP contribution is -2.11. The number of hydrogen-bond donors (Lipinski definition) is 0. The van der Waals surface area contributed by atoms with Crippen LogP contribution < -0.4 is 0 Å². The minimum atomic E-state index is 0.614. The third kappa shape index (κ3) is 3.41. The van der Waals surface area contributed by atoms with Gasteiger partial charge in [0.15, 0.2) is 12.2 Å². The summed E-state index contributed by atoms with van der Waals surface area (Å²) in [5, 5.41) is 11.5. The molecule has 0 radical (unpaired) electrons. The van der Waals surface area contributed by atoms with Crippen molar-refractivity contribution in [3.63, 3.8) is 0 Å². The van der Waals surface area contributed by atoms with Crippen LogP contribution in [0.1, 0.15) is 5.56 Å². The molecule has 0 aliphatic carbocycles. The summed E-state index contributed by atoms with van der Waals surface area (Å²) >= 11 is 0. The standard InChI is InChI=1S/C31H22N5/c1-2-10-24(11-3-1)36-30-15-5-4-13-26(30)27-17-16-23(20-31(27)36)29-21-35(34-33-29)25-12-8-9-22(19-25)28-14-6-7-18-32-28/h1-20H,21H2/q+1. The number of fused-ring (bicyclic) bond motifs is 3. The van der Waals surface area contributed by atoms with Crippen LogP contribution in [-0.2, 0) is 0 Å². The fraction of sp³-hybridized carbons (Fsp3) is 0.0323. The van der Waals surface area contributed by atoms with E-state index in [9.17, 15) is 0 Å². The molecule has 0 unspecified atom stereocenters. The highest BCUT2D eigenvalue weighted by atomic mass is 15.5. The number of rotatable bonds is 4. The largest absolute Gasteiger partial charge is 0.309 e. The molecule has 2 aromatic heterocycles. The molecule has 4 aromatic carbocycles. The van der Waals surface area contributed by atoms with Crippen LogP contribution in [0.15, 0.2) is 132 Å². The Hall–Kier alpha value is -4.90. The molecule has 0 amide bonds. The van der Waals surface area contributed by atoms with Crippen LogP contribution in [0.25, 0.3) is 38.8 Å². The lowest BCUT2D eigenvalue weighted by atomic mass is 10.1. The molecule has 0 N–H and O–H groups in total. The van der Waals surface area contributed by atoms with Gasteiger partial charge in [-0.25, -0.2) is 0 Å². The van der Waals surface area contributed by atoms with Crippen molar-refractivity contribution in [1.82, 2.24) is 9.55 Å². The minimum Gasteiger partial charge on any atom is -0.309 e. The van der Waals surface area contributed by atoms with E-state index in [2.05, 4.69) is 111 Å². The number of hydrogen-bond acceptors (Lipinski definition) is 3. The Kier molecular flexibility index (Phi) is 4.77. The van der Waals surface area contributed by atoms with Crippen molar-refractivity contribution < 1.29 is 4.70 Å². The van der Waals surface area contributed by atoms with Crippen molar-refractivity contribution in [2.24, 2.45) is 10.3 Å². The zero-order valence-corrected chi connectivity index (χ0v) is 19.5. The van der Waals surface area contributed by atoms with Gasteiger partial charge in [-0.05, 0) is 54.6 Å². The van der Waals surface area contributed by atoms with Crippen molar-refractivity contribution in [1.29, 1.82) is 0 Å². The Morgan fingerprint density at radius 2 is 1.47 bits per heavy atom. The molecular formula is C31H22N5+. The summed E-state index contributed by atoms with van der Waals surface area (Å²) in [6, 6.07) is 39.9. The second-order valence-corrected chi connectivity index (χ2v) is 8.88. The maximum Gasteiger partial charge on any atom is 0.231 e. The first kappa shape index (κ1) is 20.5. The van der Waals surface area contributed by atoms with Gasteiger partial charge in [0.1, 0.15) is 5.22 Å². The Balaban J connectivity index is 1.26. The van der Waals surface area contributed by atoms with E-state index in [1.165, 1.54) is 16.3 Å². The summed E-state index contributed by atoms with van der Waals surface area (Å²) in [7, 11) is 0. The van der Waals surface area contributed by atoms with E-state index in [-0.39, 0.29) is 0 Å². The summed E-state index contributed by atoms with van der Waals surface area (Å²) in [4.78, 5) is 4.48. The predicted molar refractivity (Wildman–Crippen MR) is 144 cm³/mol. The maximum atomic E-state index is 4.57. The lowest BCUT2D eigenvalue weighted by Gasteiger charge is -2.08. The molecule has 0 saturated heterocycles. The van der Waals surface area contributed by atoms with Crippen LogP contribution in [0, 0.1) is 0 Å². The highest BCUT2D eigenvalue weighted by Gasteiger charge is 2.25. The summed E-state index contributed by atoms with van der Waals surface area (Å²) in [6.07, 6.45) is 1.81. The summed E-state index contributed by atoms with van der Waals surface area (Å²) in [6.45, 7) is 0.614. The van der Waals surface area contributed by atoms with Crippen molar-refractivity contribution in [2.75, 3.05) is 6.54 Å². The van der Waals surface area contributed by atoms with Crippen molar-refractivity contribution in [2.45, 2.75) is 0 Å². The number of benzene rings is 4. The van der Waals surface area contributed by atoms with Gasteiger partial charge >= 0.3 is 0 Å². The Morgan fingerprint density at radius 3 is 2.36 bits per heavy atom. The van der Waals surface area contributed by atoms with Crippen molar-refractivity contribution in [3.05, 3.63) is 127 Å². The molecule has 170 valence electrons. The second-order valence-electron chi connectivity index (χ2n) is 8.88. The molecule has 5 heteroatoms. The molecule has 0 fully saturated rings. The van der Waals surface area contributed by atoms with Crippen LogP contribution in [-0.4, -0.2) is 26.5 Å². The van der Waals surface area contributed by atoms with E-state index in [1.807, 2.05) is 35.2 Å². The van der Waals surface area contributed by atoms with Gasteiger partial charge in [-0.3, -0.25) is 4.98 Å². The predicted octanol–water partition coefficient (Wildman–Crippen LogP) is 7.36. The van der Waals surface area contributed by atoms with Gasteiger partial charge in [0, 0.05) is 33.8 Å². The summed E-state index contributed by atoms with van der Waals surface area (Å²) in [5.41, 5.74) is 8.53. The molecule has 36 heavy (non-hydrogen) atoms. The monoisotopic (exact) mass is 464 g/mol. The van der Waals surface area contributed by atoms with Gasteiger partial charge in [-0.1, -0.05) is 60.7 Å². The lowest BCUT2D eigenvalue weighted by molar-refractivity contribution is -0.492. The highest BCUT2D eigenvalue weighted by Crippen LogP contribution is 2.33. The molecule has 0 atom stereocenters. The molecule has 0 bridgehead atoms. The van der Waals surface area contributed by atoms with Gasteiger partial charge in [-0.15, -0.1) is 4.70 Å². The molecule has 1 aliphatic heterocycles. The normalized spacial score (nSPS) is 13.2.